The molecule has 0 amide bonds. The number of esters is 2. The molecule has 0 fully saturated rings. The Hall–Kier alpha value is -2.46. The van der Waals surface area contributed by atoms with Crippen molar-refractivity contribution in [3.05, 3.63) is 44.7 Å². The Morgan fingerprint density at radius 3 is 2.64 bits per heavy atom. The number of methoxy groups -OCH3 is 1. The second-order valence-corrected chi connectivity index (χ2v) is 10.9. The fraction of sp³-hybridized carbons (Fsp3) is 0.500. The van der Waals surface area contributed by atoms with Crippen LogP contribution in [0.1, 0.15) is 45.6 Å². The second-order valence-electron chi connectivity index (χ2n) is 8.65. The maximum atomic E-state index is 13.8. The monoisotopic (exact) mass is 581 g/mol. The van der Waals surface area contributed by atoms with Crippen LogP contribution >= 0.6 is 27.7 Å². The summed E-state index contributed by atoms with van der Waals surface area (Å²) in [6.45, 7) is 7.96. The van der Waals surface area contributed by atoms with Gasteiger partial charge in [0.25, 0.3) is 0 Å². The number of hydrogen-bond acceptors (Lipinski definition) is 9. The highest BCUT2D eigenvalue weighted by atomic mass is 79.9. The van der Waals surface area contributed by atoms with Gasteiger partial charge in [-0.15, -0.1) is 0 Å². The number of aromatic hydroxyl groups is 1. The van der Waals surface area contributed by atoms with Crippen molar-refractivity contribution in [1.29, 1.82) is 0 Å². The summed E-state index contributed by atoms with van der Waals surface area (Å²) in [5, 5.41) is 13.7. The molecule has 0 spiro atoms. The molecule has 8 nitrogen and oxygen atoms in total. The Bertz CT molecular complexity index is 1110. The van der Waals surface area contributed by atoms with E-state index in [4.69, 9.17) is 14.2 Å². The van der Waals surface area contributed by atoms with Gasteiger partial charge in [0.2, 0.25) is 0 Å². The Morgan fingerprint density at radius 2 is 2.00 bits per heavy atom. The van der Waals surface area contributed by atoms with E-state index in [2.05, 4.69) is 21.2 Å². The minimum atomic E-state index is -0.985. The maximum Gasteiger partial charge on any atom is 0.336 e. The molecule has 0 unspecified atom stereocenters. The number of phenols is 1. The van der Waals surface area contributed by atoms with E-state index < -0.39 is 29.6 Å². The first-order valence-electron chi connectivity index (χ1n) is 11.9. The summed E-state index contributed by atoms with van der Waals surface area (Å²) < 4.78 is 16.5. The van der Waals surface area contributed by atoms with Crippen molar-refractivity contribution in [2.45, 2.75) is 40.0 Å². The summed E-state index contributed by atoms with van der Waals surface area (Å²) in [6, 6.07) is 3.28. The van der Waals surface area contributed by atoms with Gasteiger partial charge in [-0.2, -0.15) is 11.8 Å². The molecule has 2 aliphatic rings. The molecular formula is C26H32BrNO7S. The van der Waals surface area contributed by atoms with Crippen LogP contribution in [-0.2, 0) is 23.9 Å². The molecule has 1 heterocycles. The maximum absolute atomic E-state index is 13.8. The number of nitrogens with one attached hydrogen (secondary N) is 1. The molecule has 196 valence electrons. The molecular weight excluding hydrogens is 550 g/mol. The van der Waals surface area contributed by atoms with Gasteiger partial charge in [0.15, 0.2) is 17.3 Å². The lowest BCUT2D eigenvalue weighted by molar-refractivity contribution is -0.151. The number of Topliss-reactive ketones (excluding diaryl/α,β-unsaturated/α-hetero) is 1. The summed E-state index contributed by atoms with van der Waals surface area (Å²) in [7, 11) is 1.26. The number of ether oxygens (including phenoxy) is 3. The zero-order chi connectivity index (χ0) is 26.6. The Morgan fingerprint density at radius 1 is 1.28 bits per heavy atom. The minimum Gasteiger partial charge on any atom is -0.503 e. The lowest BCUT2D eigenvalue weighted by Gasteiger charge is -2.38. The van der Waals surface area contributed by atoms with Crippen LogP contribution in [0.2, 0.25) is 0 Å². The Kier molecular flexibility index (Phi) is 9.52. The molecule has 1 aliphatic carbocycles. The van der Waals surface area contributed by atoms with Gasteiger partial charge in [0.1, 0.15) is 12.5 Å². The molecule has 2 N–H and O–H groups in total. The van der Waals surface area contributed by atoms with Crippen LogP contribution in [-0.4, -0.2) is 54.7 Å². The van der Waals surface area contributed by atoms with Gasteiger partial charge in [0.05, 0.1) is 23.8 Å². The lowest BCUT2D eigenvalue weighted by atomic mass is 9.69. The number of carbonyl (C=O) groups excluding carboxylic acids is 3. The van der Waals surface area contributed by atoms with E-state index in [0.29, 0.717) is 45.8 Å². The number of phenolic OH excluding ortho intramolecular Hbond substituents is 1. The fourth-order valence-electron chi connectivity index (χ4n) is 4.73. The first kappa shape index (κ1) is 28.1. The van der Waals surface area contributed by atoms with Crippen LogP contribution < -0.4 is 10.1 Å². The summed E-state index contributed by atoms with van der Waals surface area (Å²) >= 11 is 5.02. The van der Waals surface area contributed by atoms with Crippen molar-refractivity contribution in [3.8, 4) is 11.5 Å². The highest BCUT2D eigenvalue weighted by molar-refractivity contribution is 9.10. The van der Waals surface area contributed by atoms with Crippen molar-refractivity contribution >= 4 is 45.4 Å². The number of benzene rings is 1. The van der Waals surface area contributed by atoms with Gasteiger partial charge in [-0.05, 0) is 65.6 Å². The molecule has 3 rings (SSSR count). The van der Waals surface area contributed by atoms with Gasteiger partial charge in [-0.1, -0.05) is 13.8 Å². The van der Waals surface area contributed by atoms with E-state index in [1.165, 1.54) is 7.11 Å². The second kappa shape index (κ2) is 12.2. The molecule has 3 atom stereocenters. The number of carbonyl (C=O) groups is 3. The molecule has 36 heavy (non-hydrogen) atoms. The fourth-order valence-corrected chi connectivity index (χ4v) is 5.68. The Labute approximate surface area is 223 Å². The topological polar surface area (TPSA) is 111 Å². The van der Waals surface area contributed by atoms with Gasteiger partial charge >= 0.3 is 11.9 Å². The largest absolute Gasteiger partial charge is 0.503 e. The molecule has 0 saturated heterocycles. The number of thioether (sulfide) groups is 1. The molecule has 0 bridgehead atoms. The lowest BCUT2D eigenvalue weighted by Crippen LogP contribution is -2.43. The summed E-state index contributed by atoms with van der Waals surface area (Å²) in [4.78, 5) is 39.8. The molecule has 1 aliphatic heterocycles. The van der Waals surface area contributed by atoms with E-state index >= 15 is 0 Å². The molecule has 0 saturated carbocycles. The van der Waals surface area contributed by atoms with E-state index in [1.54, 1.807) is 37.7 Å². The smallest absolute Gasteiger partial charge is 0.336 e. The summed E-state index contributed by atoms with van der Waals surface area (Å²) in [5.41, 5.74) is 2.39. The Balaban J connectivity index is 2.17. The number of rotatable bonds is 9. The third-order valence-corrected chi connectivity index (χ3v) is 7.78. The predicted molar refractivity (Wildman–Crippen MR) is 141 cm³/mol. The van der Waals surface area contributed by atoms with Crippen LogP contribution in [0.15, 0.2) is 39.1 Å². The standard InChI is InChI=1S/C26H32BrNO7S/c1-6-34-18-12-15(11-16(27)23(18)29)21-20(26(32)35-8-9-36-7-2)14(4)28-17-10-13(3)19(25(31)33-5)24(30)22(17)21/h11-13,19,21,28-29H,6-10H2,1-5H3/t13-,19+,21+/m1/s1. The van der Waals surface area contributed by atoms with Crippen molar-refractivity contribution < 1.29 is 33.7 Å². The van der Waals surface area contributed by atoms with Crippen LogP contribution in [0.3, 0.4) is 0 Å². The third-order valence-electron chi connectivity index (χ3n) is 6.31. The van der Waals surface area contributed by atoms with Crippen molar-refractivity contribution in [2.75, 3.05) is 31.8 Å². The van der Waals surface area contributed by atoms with Crippen LogP contribution in [0.5, 0.6) is 11.5 Å². The molecule has 1 aromatic carbocycles. The third kappa shape index (κ3) is 5.59. The van der Waals surface area contributed by atoms with E-state index in [9.17, 15) is 19.5 Å². The number of allylic oxidation sites excluding steroid dienone is 3. The first-order valence-corrected chi connectivity index (χ1v) is 13.8. The number of hydrogen-bond donors (Lipinski definition) is 2. The highest BCUT2D eigenvalue weighted by Gasteiger charge is 2.47. The number of dihydropyridines is 1. The van der Waals surface area contributed by atoms with E-state index in [0.717, 1.165) is 5.75 Å². The predicted octanol–water partition coefficient (Wildman–Crippen LogP) is 4.46. The quantitative estimate of drug-likeness (QED) is 0.248. The average molecular weight is 583 g/mol. The summed E-state index contributed by atoms with van der Waals surface area (Å²) in [5.74, 6) is -1.94. The van der Waals surface area contributed by atoms with Crippen LogP contribution in [0, 0.1) is 11.8 Å². The zero-order valence-electron chi connectivity index (χ0n) is 21.1. The minimum absolute atomic E-state index is 0.0822. The van der Waals surface area contributed by atoms with E-state index in [1.807, 2.05) is 13.8 Å². The zero-order valence-corrected chi connectivity index (χ0v) is 23.5. The number of halogens is 1. The summed E-state index contributed by atoms with van der Waals surface area (Å²) in [6.07, 6.45) is 0.432. The highest BCUT2D eigenvalue weighted by Crippen LogP contribution is 2.48. The van der Waals surface area contributed by atoms with Crippen molar-refractivity contribution in [2.24, 2.45) is 11.8 Å². The van der Waals surface area contributed by atoms with E-state index in [-0.39, 0.29) is 29.6 Å². The normalized spacial score (nSPS) is 21.6. The van der Waals surface area contributed by atoms with Gasteiger partial charge in [-0.25, -0.2) is 4.79 Å². The van der Waals surface area contributed by atoms with Gasteiger partial charge in [-0.3, -0.25) is 9.59 Å². The first-order chi connectivity index (χ1) is 17.2. The number of ketones is 1. The SMILES string of the molecule is CCOc1cc([C@H]2C(C(=O)OCCSCC)=C(C)NC3=C2C(=O)[C@@H](C(=O)OC)[C@H](C)C3)cc(Br)c1O. The molecule has 10 heteroatoms. The average Bonchev–Trinajstić information content (AvgIpc) is 2.83. The molecule has 0 aromatic heterocycles. The van der Waals surface area contributed by atoms with Crippen LogP contribution in [0.25, 0.3) is 0 Å². The van der Waals surface area contributed by atoms with Crippen LogP contribution in [0.4, 0.5) is 0 Å². The van der Waals surface area contributed by atoms with Gasteiger partial charge in [0, 0.05) is 28.6 Å². The molecule has 1 aromatic rings. The van der Waals surface area contributed by atoms with Crippen molar-refractivity contribution in [1.82, 2.24) is 5.32 Å². The van der Waals surface area contributed by atoms with Crippen molar-refractivity contribution in [3.63, 3.8) is 0 Å². The molecule has 0 radical (unpaired) electrons. The van der Waals surface area contributed by atoms with Gasteiger partial charge < -0.3 is 24.6 Å².